The van der Waals surface area contributed by atoms with Gasteiger partial charge in [0.2, 0.25) is 0 Å². The zero-order valence-corrected chi connectivity index (χ0v) is 23.3. The van der Waals surface area contributed by atoms with Crippen molar-refractivity contribution in [1.82, 2.24) is 9.88 Å². The van der Waals surface area contributed by atoms with E-state index in [0.717, 1.165) is 23.2 Å². The maximum absolute atomic E-state index is 13.7. The van der Waals surface area contributed by atoms with Crippen molar-refractivity contribution < 1.29 is 17.9 Å². The first kappa shape index (κ1) is 26.1. The second-order valence-corrected chi connectivity index (χ2v) is 12.3. The summed E-state index contributed by atoms with van der Waals surface area (Å²) >= 11 is 1.43. The van der Waals surface area contributed by atoms with Crippen LogP contribution in [0.4, 0.5) is 10.8 Å². The van der Waals surface area contributed by atoms with E-state index in [0.29, 0.717) is 47.2 Å². The third-order valence-corrected chi connectivity index (χ3v) is 9.46. The molecule has 38 heavy (non-hydrogen) atoms. The molecular weight excluding hydrogens is 520 g/mol. The van der Waals surface area contributed by atoms with E-state index in [4.69, 9.17) is 9.72 Å². The maximum atomic E-state index is 13.7. The Hall–Kier alpha value is -3.47. The summed E-state index contributed by atoms with van der Waals surface area (Å²) in [6.45, 7) is 1.69. The summed E-state index contributed by atoms with van der Waals surface area (Å²) in [5, 5.41) is 0.582. The smallest absolute Gasteiger partial charge is 0.264 e. The number of fused-ring (bicyclic) bond motifs is 2. The molecule has 10 heteroatoms. The molecule has 1 aromatic heterocycles. The Morgan fingerprint density at radius 1 is 1.03 bits per heavy atom. The molecule has 0 saturated heterocycles. The summed E-state index contributed by atoms with van der Waals surface area (Å²) in [5.74, 6) is 0.431. The normalized spacial score (nSPS) is 13.2. The first-order valence-electron chi connectivity index (χ1n) is 12.4. The van der Waals surface area contributed by atoms with Gasteiger partial charge in [-0.1, -0.05) is 35.6 Å². The molecule has 0 aliphatic carbocycles. The van der Waals surface area contributed by atoms with E-state index in [1.807, 2.05) is 56.6 Å². The summed E-state index contributed by atoms with van der Waals surface area (Å²) in [6, 6.07) is 19.5. The van der Waals surface area contributed by atoms with Crippen molar-refractivity contribution in [2.45, 2.75) is 17.7 Å². The molecule has 1 aliphatic rings. The van der Waals surface area contributed by atoms with Crippen LogP contribution in [0, 0.1) is 0 Å². The van der Waals surface area contributed by atoms with Crippen molar-refractivity contribution in [3.63, 3.8) is 0 Å². The maximum Gasteiger partial charge on any atom is 0.264 e. The Morgan fingerprint density at radius 3 is 2.53 bits per heavy atom. The topological polar surface area (TPSA) is 83.0 Å². The molecule has 5 rings (SSSR count). The van der Waals surface area contributed by atoms with E-state index in [9.17, 15) is 13.2 Å². The Balaban J connectivity index is 1.43. The molecule has 3 aromatic carbocycles. The Morgan fingerprint density at radius 2 is 1.79 bits per heavy atom. The lowest BCUT2D eigenvalue weighted by Crippen LogP contribution is -2.33. The van der Waals surface area contributed by atoms with Gasteiger partial charge in [0, 0.05) is 18.7 Å². The van der Waals surface area contributed by atoms with Gasteiger partial charge in [0.25, 0.3) is 15.9 Å². The zero-order valence-electron chi connectivity index (χ0n) is 21.6. The summed E-state index contributed by atoms with van der Waals surface area (Å²) in [7, 11) is 1.85. The van der Waals surface area contributed by atoms with E-state index >= 15 is 0 Å². The molecule has 0 bridgehead atoms. The number of amides is 1. The van der Waals surface area contributed by atoms with Gasteiger partial charge < -0.3 is 9.64 Å². The van der Waals surface area contributed by atoms with Crippen molar-refractivity contribution in [3.05, 3.63) is 77.9 Å². The molecule has 0 radical (unpaired) electrons. The average Bonchev–Trinajstić information content (AvgIpc) is 3.55. The van der Waals surface area contributed by atoms with Crippen LogP contribution in [0.3, 0.4) is 0 Å². The summed E-state index contributed by atoms with van der Waals surface area (Å²) in [4.78, 5) is 22.4. The van der Waals surface area contributed by atoms with E-state index in [1.165, 1.54) is 27.8 Å². The number of carbonyl (C=O) groups excluding carboxylic acids is 1. The fraction of sp³-hybridized carbons (Fsp3) is 0.286. The van der Waals surface area contributed by atoms with Gasteiger partial charge in [-0.3, -0.25) is 14.0 Å². The average molecular weight is 551 g/mol. The number of aromatic nitrogens is 1. The lowest BCUT2D eigenvalue weighted by molar-refractivity contribution is 0.0986. The van der Waals surface area contributed by atoms with Crippen LogP contribution >= 0.6 is 11.3 Å². The van der Waals surface area contributed by atoms with Crippen LogP contribution in [0.25, 0.3) is 10.2 Å². The fourth-order valence-corrected chi connectivity index (χ4v) is 7.14. The number of sulfonamides is 1. The van der Waals surface area contributed by atoms with Gasteiger partial charge in [-0.15, -0.1) is 0 Å². The Labute approximate surface area is 227 Å². The molecular formula is C28H30N4O4S2. The van der Waals surface area contributed by atoms with Crippen LogP contribution in [0.1, 0.15) is 22.3 Å². The van der Waals surface area contributed by atoms with Crippen molar-refractivity contribution in [3.8, 4) is 5.75 Å². The van der Waals surface area contributed by atoms with Crippen LogP contribution in [0.5, 0.6) is 5.75 Å². The molecule has 0 saturated carbocycles. The number of hydrogen-bond acceptors (Lipinski definition) is 7. The highest BCUT2D eigenvalue weighted by molar-refractivity contribution is 7.92. The first-order valence-corrected chi connectivity index (χ1v) is 14.7. The van der Waals surface area contributed by atoms with Gasteiger partial charge in [-0.25, -0.2) is 13.4 Å². The van der Waals surface area contributed by atoms with E-state index in [-0.39, 0.29) is 10.8 Å². The number of carbonyl (C=O) groups is 1. The molecule has 0 N–H and O–H groups in total. The van der Waals surface area contributed by atoms with E-state index < -0.39 is 10.0 Å². The minimum atomic E-state index is -3.74. The molecule has 198 valence electrons. The van der Waals surface area contributed by atoms with Crippen LogP contribution in [-0.2, 0) is 16.4 Å². The van der Waals surface area contributed by atoms with Gasteiger partial charge in [-0.2, -0.15) is 0 Å². The van der Waals surface area contributed by atoms with Gasteiger partial charge in [0.15, 0.2) is 5.13 Å². The molecule has 0 atom stereocenters. The van der Waals surface area contributed by atoms with Crippen molar-refractivity contribution in [1.29, 1.82) is 0 Å². The fourth-order valence-electron chi connectivity index (χ4n) is 4.63. The molecule has 8 nitrogen and oxygen atoms in total. The van der Waals surface area contributed by atoms with Crippen molar-refractivity contribution >= 4 is 48.3 Å². The van der Waals surface area contributed by atoms with E-state index in [1.54, 1.807) is 24.1 Å². The highest BCUT2D eigenvalue weighted by Gasteiger charge is 2.31. The summed E-state index contributed by atoms with van der Waals surface area (Å²) < 4.78 is 34.6. The second-order valence-electron chi connectivity index (χ2n) is 9.40. The van der Waals surface area contributed by atoms with Crippen LogP contribution in [-0.4, -0.2) is 65.0 Å². The molecule has 1 amide bonds. The number of nitrogens with zero attached hydrogens (tertiary/aromatic N) is 4. The minimum absolute atomic E-state index is 0.162. The highest BCUT2D eigenvalue weighted by Crippen LogP contribution is 2.35. The molecule has 4 aromatic rings. The van der Waals surface area contributed by atoms with Crippen LogP contribution in [0.2, 0.25) is 0 Å². The lowest BCUT2D eigenvalue weighted by atomic mass is 10.2. The molecule has 1 aliphatic heterocycles. The van der Waals surface area contributed by atoms with Crippen LogP contribution in [0.15, 0.2) is 71.6 Å². The number of methoxy groups -OCH3 is 1. The predicted molar refractivity (Wildman–Crippen MR) is 152 cm³/mol. The Bertz CT molecular complexity index is 1570. The van der Waals surface area contributed by atoms with Crippen LogP contribution < -0.4 is 13.9 Å². The number of ether oxygens (including phenoxy) is 1. The van der Waals surface area contributed by atoms with Gasteiger partial charge in [0.05, 0.1) is 22.4 Å². The number of rotatable bonds is 9. The minimum Gasteiger partial charge on any atom is -0.494 e. The molecule has 2 heterocycles. The summed E-state index contributed by atoms with van der Waals surface area (Å²) in [5.41, 5.74) is 2.85. The number of para-hydroxylation sites is 2. The van der Waals surface area contributed by atoms with E-state index in [2.05, 4.69) is 4.90 Å². The lowest BCUT2D eigenvalue weighted by Gasteiger charge is -2.22. The highest BCUT2D eigenvalue weighted by atomic mass is 32.2. The number of hydrogen-bond donors (Lipinski definition) is 0. The van der Waals surface area contributed by atoms with Gasteiger partial charge in [-0.05, 0) is 81.5 Å². The predicted octanol–water partition coefficient (Wildman–Crippen LogP) is 4.65. The molecule has 0 fully saturated rings. The summed E-state index contributed by atoms with van der Waals surface area (Å²) in [6.07, 6.45) is 1.44. The third kappa shape index (κ3) is 4.99. The number of benzene rings is 3. The molecule has 0 unspecified atom stereocenters. The zero-order chi connectivity index (χ0) is 26.9. The third-order valence-electron chi connectivity index (χ3n) is 6.59. The van der Waals surface area contributed by atoms with Gasteiger partial charge >= 0.3 is 0 Å². The van der Waals surface area contributed by atoms with Crippen molar-refractivity contribution in [2.75, 3.05) is 50.0 Å². The number of anilines is 2. The largest absolute Gasteiger partial charge is 0.494 e. The quantitative estimate of drug-likeness (QED) is 0.302. The molecule has 0 spiro atoms. The Kier molecular flexibility index (Phi) is 7.38. The number of thiazole rings is 1. The van der Waals surface area contributed by atoms with Crippen molar-refractivity contribution in [2.24, 2.45) is 0 Å². The first-order chi connectivity index (χ1) is 18.3. The standard InChI is InChI=1S/C28H30N4O4S2/c1-30(2)17-7-18-31(28-29-26-24(36-3)10-6-11-25(26)37-28)27(33)21-12-14-22(15-13-21)38(34,35)32-19-16-20-8-4-5-9-23(20)32/h4-6,8-15H,7,16-19H2,1-3H3. The SMILES string of the molecule is COc1cccc2sc(N(CCCN(C)C)C(=O)c3ccc(S(=O)(=O)N4CCc5ccccc54)cc3)nc12. The second kappa shape index (κ2) is 10.7. The van der Waals surface area contributed by atoms with Gasteiger partial charge in [0.1, 0.15) is 11.3 Å². The monoisotopic (exact) mass is 550 g/mol.